The normalized spacial score (nSPS) is 10.8. The van der Waals surface area contributed by atoms with E-state index < -0.39 is 0 Å². The lowest BCUT2D eigenvalue weighted by atomic mass is 9.91. The van der Waals surface area contributed by atoms with Crippen LogP contribution in [0.4, 0.5) is 5.69 Å². The maximum Gasteiger partial charge on any atom is 0.0684 e. The van der Waals surface area contributed by atoms with Crippen molar-refractivity contribution in [3.63, 3.8) is 0 Å². The second kappa shape index (κ2) is 5.36. The number of nitrogens with one attached hydrogen (secondary N) is 1. The number of hydrogen-bond acceptors (Lipinski definition) is 2. The van der Waals surface area contributed by atoms with Crippen molar-refractivity contribution in [3.8, 4) is 6.07 Å². The van der Waals surface area contributed by atoms with E-state index in [9.17, 15) is 0 Å². The van der Waals surface area contributed by atoms with Crippen molar-refractivity contribution < 1.29 is 0 Å². The molecule has 0 unspecified atom stereocenters. The van der Waals surface area contributed by atoms with Crippen LogP contribution in [0.2, 0.25) is 0 Å². The number of para-hydroxylation sites is 1. The third kappa shape index (κ3) is 4.08. The van der Waals surface area contributed by atoms with E-state index in [-0.39, 0.29) is 5.41 Å². The number of hydrogen-bond donors (Lipinski definition) is 1. The van der Waals surface area contributed by atoms with Crippen LogP contribution >= 0.6 is 22.6 Å². The maximum absolute atomic E-state index is 8.87. The Bertz CT molecular complexity index is 366. The van der Waals surface area contributed by atoms with Gasteiger partial charge in [-0.3, -0.25) is 0 Å². The van der Waals surface area contributed by atoms with Gasteiger partial charge >= 0.3 is 0 Å². The number of benzene rings is 1. The van der Waals surface area contributed by atoms with Crippen LogP contribution in [0.25, 0.3) is 0 Å². The van der Waals surface area contributed by atoms with Crippen molar-refractivity contribution in [2.45, 2.75) is 20.3 Å². The Morgan fingerprint density at radius 2 is 2.07 bits per heavy atom. The number of anilines is 1. The lowest BCUT2D eigenvalue weighted by Crippen LogP contribution is -2.14. The van der Waals surface area contributed by atoms with Gasteiger partial charge in [-0.05, 0) is 55.0 Å². The number of nitriles is 1. The van der Waals surface area contributed by atoms with E-state index in [1.165, 1.54) is 3.57 Å². The van der Waals surface area contributed by atoms with E-state index in [1.54, 1.807) is 0 Å². The van der Waals surface area contributed by atoms with Gasteiger partial charge in [0.2, 0.25) is 0 Å². The zero-order chi connectivity index (χ0) is 11.3. The van der Waals surface area contributed by atoms with Gasteiger partial charge in [-0.15, -0.1) is 0 Å². The van der Waals surface area contributed by atoms with Crippen molar-refractivity contribution in [2.75, 3.05) is 11.9 Å². The predicted molar refractivity (Wildman–Crippen MR) is 71.7 cm³/mol. The summed E-state index contributed by atoms with van der Waals surface area (Å²) >= 11 is 2.30. The minimum absolute atomic E-state index is 0.243. The molecule has 1 aromatic carbocycles. The Morgan fingerprint density at radius 1 is 1.40 bits per heavy atom. The van der Waals surface area contributed by atoms with Crippen LogP contribution < -0.4 is 5.32 Å². The molecule has 0 aromatic heterocycles. The van der Waals surface area contributed by atoms with Gasteiger partial charge in [0.15, 0.2) is 0 Å². The predicted octanol–water partition coefficient (Wildman–Crippen LogP) is 3.64. The monoisotopic (exact) mass is 314 g/mol. The molecule has 0 saturated heterocycles. The minimum atomic E-state index is -0.243. The molecule has 0 fully saturated rings. The highest BCUT2D eigenvalue weighted by Gasteiger charge is 2.15. The summed E-state index contributed by atoms with van der Waals surface area (Å²) in [6.45, 7) is 4.76. The summed E-state index contributed by atoms with van der Waals surface area (Å²) in [6, 6.07) is 10.5. The zero-order valence-electron chi connectivity index (χ0n) is 9.05. The molecule has 0 saturated carbocycles. The Hall–Kier alpha value is -0.760. The molecule has 0 aliphatic heterocycles. The number of rotatable bonds is 4. The standard InChI is InChI=1S/C12H15IN2/c1-12(2,9-14)7-8-15-11-6-4-3-5-10(11)13/h3-6,15H,7-8H2,1-2H3. The molecule has 0 atom stereocenters. The highest BCUT2D eigenvalue weighted by atomic mass is 127. The fourth-order valence-electron chi connectivity index (χ4n) is 1.17. The summed E-state index contributed by atoms with van der Waals surface area (Å²) in [7, 11) is 0. The van der Waals surface area contributed by atoms with Crippen molar-refractivity contribution in [2.24, 2.45) is 5.41 Å². The first kappa shape index (κ1) is 12.3. The van der Waals surface area contributed by atoms with Gasteiger partial charge in [-0.25, -0.2) is 0 Å². The summed E-state index contributed by atoms with van der Waals surface area (Å²) in [5.74, 6) is 0. The molecular formula is C12H15IN2. The van der Waals surface area contributed by atoms with Crippen molar-refractivity contribution in [1.82, 2.24) is 0 Å². The molecule has 0 aliphatic rings. The average Bonchev–Trinajstić information content (AvgIpc) is 2.21. The fourth-order valence-corrected chi connectivity index (χ4v) is 1.75. The van der Waals surface area contributed by atoms with Crippen molar-refractivity contribution >= 4 is 28.3 Å². The van der Waals surface area contributed by atoms with Crippen molar-refractivity contribution in [3.05, 3.63) is 27.8 Å². The van der Waals surface area contributed by atoms with Crippen LogP contribution in [0, 0.1) is 20.3 Å². The van der Waals surface area contributed by atoms with Gasteiger partial charge in [0.1, 0.15) is 0 Å². The number of halogens is 1. The van der Waals surface area contributed by atoms with Crippen LogP contribution in [0.15, 0.2) is 24.3 Å². The summed E-state index contributed by atoms with van der Waals surface area (Å²) < 4.78 is 1.21. The molecule has 15 heavy (non-hydrogen) atoms. The Morgan fingerprint density at radius 3 is 2.67 bits per heavy atom. The highest BCUT2D eigenvalue weighted by Crippen LogP contribution is 2.20. The summed E-state index contributed by atoms with van der Waals surface area (Å²) in [4.78, 5) is 0. The topological polar surface area (TPSA) is 35.8 Å². The van der Waals surface area contributed by atoms with Crippen LogP contribution in [0.3, 0.4) is 0 Å². The van der Waals surface area contributed by atoms with E-state index in [0.29, 0.717) is 0 Å². The first-order chi connectivity index (χ1) is 7.05. The summed E-state index contributed by atoms with van der Waals surface area (Å²) in [6.07, 6.45) is 0.856. The molecule has 0 spiro atoms. The molecule has 80 valence electrons. The molecule has 3 heteroatoms. The quantitative estimate of drug-likeness (QED) is 0.861. The van der Waals surface area contributed by atoms with Gasteiger partial charge in [0, 0.05) is 15.8 Å². The van der Waals surface area contributed by atoms with Crippen molar-refractivity contribution in [1.29, 1.82) is 5.26 Å². The smallest absolute Gasteiger partial charge is 0.0684 e. The van der Waals surface area contributed by atoms with Gasteiger partial charge in [-0.2, -0.15) is 5.26 Å². The molecule has 2 nitrogen and oxygen atoms in total. The van der Waals surface area contributed by atoms with E-state index in [2.05, 4.69) is 46.1 Å². The number of nitrogens with zero attached hydrogens (tertiary/aromatic N) is 1. The zero-order valence-corrected chi connectivity index (χ0v) is 11.2. The molecule has 0 amide bonds. The first-order valence-electron chi connectivity index (χ1n) is 4.95. The first-order valence-corrected chi connectivity index (χ1v) is 6.03. The minimum Gasteiger partial charge on any atom is -0.384 e. The highest BCUT2D eigenvalue weighted by molar-refractivity contribution is 14.1. The lowest BCUT2D eigenvalue weighted by Gasteiger charge is -2.16. The third-order valence-electron chi connectivity index (χ3n) is 2.24. The Balaban J connectivity index is 2.46. The second-order valence-corrected chi connectivity index (χ2v) is 5.31. The second-order valence-electron chi connectivity index (χ2n) is 4.15. The molecule has 1 rings (SSSR count). The molecule has 0 aliphatic carbocycles. The SMILES string of the molecule is CC(C)(C#N)CCNc1ccccc1I. The molecule has 1 N–H and O–H groups in total. The van der Waals surface area contributed by atoms with Crippen LogP contribution in [-0.2, 0) is 0 Å². The lowest BCUT2D eigenvalue weighted by molar-refractivity contribution is 0.466. The van der Waals surface area contributed by atoms with E-state index in [0.717, 1.165) is 18.7 Å². The van der Waals surface area contributed by atoms with Gasteiger partial charge in [0.05, 0.1) is 11.5 Å². The van der Waals surface area contributed by atoms with E-state index >= 15 is 0 Å². The molecular weight excluding hydrogens is 299 g/mol. The molecule has 0 radical (unpaired) electrons. The van der Waals surface area contributed by atoms with Crippen LogP contribution in [0.5, 0.6) is 0 Å². The van der Waals surface area contributed by atoms with E-state index in [4.69, 9.17) is 5.26 Å². The maximum atomic E-state index is 8.87. The van der Waals surface area contributed by atoms with Crippen LogP contribution in [0.1, 0.15) is 20.3 Å². The molecule has 1 aromatic rings. The van der Waals surface area contributed by atoms with Gasteiger partial charge in [0.25, 0.3) is 0 Å². The average molecular weight is 314 g/mol. The Kier molecular flexibility index (Phi) is 4.40. The van der Waals surface area contributed by atoms with Gasteiger partial charge in [-0.1, -0.05) is 12.1 Å². The summed E-state index contributed by atoms with van der Waals surface area (Å²) in [5, 5.41) is 12.2. The molecule has 0 heterocycles. The van der Waals surface area contributed by atoms with E-state index in [1.807, 2.05) is 26.0 Å². The van der Waals surface area contributed by atoms with Gasteiger partial charge < -0.3 is 5.32 Å². The summed E-state index contributed by atoms with van der Waals surface area (Å²) in [5.41, 5.74) is 0.902. The fraction of sp³-hybridized carbons (Fsp3) is 0.417. The molecule has 0 bridgehead atoms. The van der Waals surface area contributed by atoms with Crippen LogP contribution in [-0.4, -0.2) is 6.54 Å². The third-order valence-corrected chi connectivity index (χ3v) is 3.18. The Labute approximate surface area is 105 Å². The largest absolute Gasteiger partial charge is 0.384 e.